The predicted molar refractivity (Wildman–Crippen MR) is 130 cm³/mol. The first-order valence-electron chi connectivity index (χ1n) is 11.3. The normalized spacial score (nSPS) is 11.5. The Morgan fingerprint density at radius 1 is 0.909 bits per heavy atom. The van der Waals surface area contributed by atoms with Crippen LogP contribution in [0.2, 0.25) is 0 Å². The molecular formula is C27H29NO5. The van der Waals surface area contributed by atoms with Gasteiger partial charge in [-0.1, -0.05) is 37.1 Å². The number of hydrogen-bond donors (Lipinski definition) is 2. The lowest BCUT2D eigenvalue weighted by molar-refractivity contribution is 0.293. The fraction of sp³-hybridized carbons (Fsp3) is 0.296. The number of fused-ring (bicyclic) bond motifs is 2. The number of aromatic hydroxyl groups is 2. The van der Waals surface area contributed by atoms with E-state index in [0.717, 1.165) is 44.3 Å². The summed E-state index contributed by atoms with van der Waals surface area (Å²) in [6.07, 6.45) is 4.12. The van der Waals surface area contributed by atoms with Crippen molar-refractivity contribution in [2.75, 3.05) is 20.2 Å². The Kier molecular flexibility index (Phi) is 7.15. The number of ether oxygens (including phenoxy) is 1. The van der Waals surface area contributed by atoms with E-state index in [2.05, 4.69) is 11.9 Å². The summed E-state index contributed by atoms with van der Waals surface area (Å²) < 4.78 is 11.6. The van der Waals surface area contributed by atoms with Crippen LogP contribution in [-0.4, -0.2) is 35.3 Å². The standard InChI is InChI=1S/C27H29NO5/c1-28(18-19-9-8-10-20(29)15-19)13-6-2-3-7-14-32-21-16-23(30)26-25(17-21)33-24-12-5-4-11-22(24)27(26)31/h4-5,8-12,15-17,29-30H,2-3,6-7,13-14,18H2,1H3. The van der Waals surface area contributed by atoms with Crippen LogP contribution < -0.4 is 10.2 Å². The largest absolute Gasteiger partial charge is 0.508 e. The van der Waals surface area contributed by atoms with Gasteiger partial charge in [0.1, 0.15) is 33.8 Å². The zero-order chi connectivity index (χ0) is 23.2. The number of para-hydroxylation sites is 1. The number of hydrogen-bond acceptors (Lipinski definition) is 6. The molecule has 3 aromatic carbocycles. The first kappa shape index (κ1) is 22.7. The van der Waals surface area contributed by atoms with Crippen molar-refractivity contribution in [3.05, 3.63) is 76.5 Å². The van der Waals surface area contributed by atoms with Gasteiger partial charge in [0, 0.05) is 18.7 Å². The second-order valence-corrected chi connectivity index (χ2v) is 8.41. The van der Waals surface area contributed by atoms with Crippen LogP contribution in [0, 0.1) is 0 Å². The van der Waals surface area contributed by atoms with Crippen molar-refractivity contribution in [3.8, 4) is 17.2 Å². The van der Waals surface area contributed by atoms with E-state index in [4.69, 9.17) is 9.15 Å². The Balaban J connectivity index is 1.23. The number of benzene rings is 3. The van der Waals surface area contributed by atoms with E-state index in [1.165, 1.54) is 6.07 Å². The zero-order valence-corrected chi connectivity index (χ0v) is 18.8. The molecule has 172 valence electrons. The average Bonchev–Trinajstić information content (AvgIpc) is 2.78. The third-order valence-corrected chi connectivity index (χ3v) is 5.70. The molecule has 1 aromatic heterocycles. The summed E-state index contributed by atoms with van der Waals surface area (Å²) >= 11 is 0. The molecule has 0 radical (unpaired) electrons. The highest BCUT2D eigenvalue weighted by molar-refractivity contribution is 5.93. The third-order valence-electron chi connectivity index (χ3n) is 5.70. The highest BCUT2D eigenvalue weighted by atomic mass is 16.5. The molecule has 0 bridgehead atoms. The van der Waals surface area contributed by atoms with Gasteiger partial charge < -0.3 is 24.3 Å². The highest BCUT2D eigenvalue weighted by Crippen LogP contribution is 2.30. The van der Waals surface area contributed by atoms with Gasteiger partial charge in [0.2, 0.25) is 5.43 Å². The van der Waals surface area contributed by atoms with E-state index >= 15 is 0 Å². The molecule has 0 aliphatic carbocycles. The Hall–Kier alpha value is -3.51. The van der Waals surface area contributed by atoms with Gasteiger partial charge in [-0.15, -0.1) is 0 Å². The Bertz CT molecular complexity index is 1300. The highest BCUT2D eigenvalue weighted by Gasteiger charge is 2.13. The molecule has 6 heteroatoms. The fourth-order valence-electron chi connectivity index (χ4n) is 4.04. The first-order chi connectivity index (χ1) is 16.0. The molecular weight excluding hydrogens is 418 g/mol. The minimum atomic E-state index is -0.245. The lowest BCUT2D eigenvalue weighted by Crippen LogP contribution is -2.19. The van der Waals surface area contributed by atoms with Crippen LogP contribution in [0.3, 0.4) is 0 Å². The summed E-state index contributed by atoms with van der Waals surface area (Å²) in [6, 6.07) is 17.5. The van der Waals surface area contributed by atoms with Crippen LogP contribution in [0.1, 0.15) is 31.2 Å². The summed E-state index contributed by atoms with van der Waals surface area (Å²) in [6.45, 7) is 2.33. The van der Waals surface area contributed by atoms with Gasteiger partial charge in [0.15, 0.2) is 0 Å². The van der Waals surface area contributed by atoms with Crippen molar-refractivity contribution in [1.82, 2.24) is 4.90 Å². The monoisotopic (exact) mass is 447 g/mol. The fourth-order valence-corrected chi connectivity index (χ4v) is 4.04. The number of phenolic OH excluding ortho intramolecular Hbond substituents is 2. The van der Waals surface area contributed by atoms with E-state index in [1.807, 2.05) is 18.2 Å². The minimum Gasteiger partial charge on any atom is -0.508 e. The van der Waals surface area contributed by atoms with Crippen molar-refractivity contribution in [3.63, 3.8) is 0 Å². The maximum atomic E-state index is 12.7. The van der Waals surface area contributed by atoms with Gasteiger partial charge >= 0.3 is 0 Å². The van der Waals surface area contributed by atoms with Gasteiger partial charge in [-0.25, -0.2) is 0 Å². The molecule has 33 heavy (non-hydrogen) atoms. The molecule has 0 spiro atoms. The summed E-state index contributed by atoms with van der Waals surface area (Å²) in [5.74, 6) is 0.664. The predicted octanol–water partition coefficient (Wildman–Crippen LogP) is 5.43. The van der Waals surface area contributed by atoms with E-state index in [-0.39, 0.29) is 16.6 Å². The van der Waals surface area contributed by atoms with Crippen molar-refractivity contribution in [2.24, 2.45) is 0 Å². The van der Waals surface area contributed by atoms with Crippen LogP contribution in [0.25, 0.3) is 21.9 Å². The average molecular weight is 448 g/mol. The summed E-state index contributed by atoms with van der Waals surface area (Å²) in [5, 5.41) is 20.6. The molecule has 0 unspecified atom stereocenters. The Morgan fingerprint density at radius 2 is 1.73 bits per heavy atom. The molecule has 2 N–H and O–H groups in total. The van der Waals surface area contributed by atoms with Crippen LogP contribution in [-0.2, 0) is 6.54 Å². The summed E-state index contributed by atoms with van der Waals surface area (Å²) in [4.78, 5) is 14.9. The van der Waals surface area contributed by atoms with Crippen molar-refractivity contribution in [2.45, 2.75) is 32.2 Å². The lowest BCUT2D eigenvalue weighted by atomic mass is 10.1. The molecule has 0 saturated carbocycles. The van der Waals surface area contributed by atoms with Crippen molar-refractivity contribution < 1.29 is 19.4 Å². The molecule has 0 atom stereocenters. The molecule has 6 nitrogen and oxygen atoms in total. The number of rotatable bonds is 10. The number of nitrogens with zero attached hydrogens (tertiary/aromatic N) is 1. The van der Waals surface area contributed by atoms with Crippen LogP contribution in [0.15, 0.2) is 69.9 Å². The summed E-state index contributed by atoms with van der Waals surface area (Å²) in [7, 11) is 2.08. The van der Waals surface area contributed by atoms with E-state index in [1.54, 1.807) is 36.4 Å². The van der Waals surface area contributed by atoms with Crippen LogP contribution >= 0.6 is 0 Å². The molecule has 0 aliphatic rings. The molecule has 1 heterocycles. The van der Waals surface area contributed by atoms with E-state index < -0.39 is 0 Å². The quantitative estimate of drug-likeness (QED) is 0.249. The second-order valence-electron chi connectivity index (χ2n) is 8.41. The molecule has 0 fully saturated rings. The van der Waals surface area contributed by atoms with Gasteiger partial charge in [-0.05, 0) is 56.3 Å². The Labute approximate surface area is 192 Å². The van der Waals surface area contributed by atoms with E-state index in [0.29, 0.717) is 34.7 Å². The molecule has 4 aromatic rings. The maximum absolute atomic E-state index is 12.7. The van der Waals surface area contributed by atoms with Crippen LogP contribution in [0.4, 0.5) is 0 Å². The molecule has 4 rings (SSSR count). The van der Waals surface area contributed by atoms with E-state index in [9.17, 15) is 15.0 Å². The maximum Gasteiger partial charge on any atom is 0.204 e. The SMILES string of the molecule is CN(CCCCCCOc1cc(O)c2c(=O)c3ccccc3oc2c1)Cc1cccc(O)c1. The number of phenols is 2. The Morgan fingerprint density at radius 3 is 2.58 bits per heavy atom. The molecule has 0 aliphatic heterocycles. The second kappa shape index (κ2) is 10.4. The molecule has 0 amide bonds. The molecule has 0 saturated heterocycles. The summed E-state index contributed by atoms with van der Waals surface area (Å²) in [5.41, 5.74) is 1.67. The smallest absolute Gasteiger partial charge is 0.204 e. The minimum absolute atomic E-state index is 0.128. The zero-order valence-electron chi connectivity index (χ0n) is 18.8. The van der Waals surface area contributed by atoms with Crippen molar-refractivity contribution >= 4 is 21.9 Å². The lowest BCUT2D eigenvalue weighted by Gasteiger charge is -2.16. The van der Waals surface area contributed by atoms with Gasteiger partial charge in [0.25, 0.3) is 0 Å². The first-order valence-corrected chi connectivity index (χ1v) is 11.3. The van der Waals surface area contributed by atoms with Gasteiger partial charge in [-0.2, -0.15) is 0 Å². The van der Waals surface area contributed by atoms with Crippen LogP contribution in [0.5, 0.6) is 17.2 Å². The third kappa shape index (κ3) is 5.65. The topological polar surface area (TPSA) is 83.1 Å². The van der Waals surface area contributed by atoms with Gasteiger partial charge in [0.05, 0.1) is 12.0 Å². The van der Waals surface area contributed by atoms with Crippen molar-refractivity contribution in [1.29, 1.82) is 0 Å². The van der Waals surface area contributed by atoms with Gasteiger partial charge in [-0.3, -0.25) is 4.79 Å². The number of unbranched alkanes of at least 4 members (excludes halogenated alkanes) is 3.